The smallest absolute Gasteiger partial charge is 0.127 e. The van der Waals surface area contributed by atoms with E-state index in [0.29, 0.717) is 0 Å². The van der Waals surface area contributed by atoms with Crippen LogP contribution in [0.3, 0.4) is 0 Å². The monoisotopic (exact) mass is 295 g/mol. The molecule has 0 atom stereocenters. The number of nitrogens with two attached hydrogens (primary N) is 1. The molecule has 0 unspecified atom stereocenters. The lowest BCUT2D eigenvalue weighted by Crippen LogP contribution is -1.86. The fourth-order valence-corrected chi connectivity index (χ4v) is 2.16. The van der Waals surface area contributed by atoms with Crippen LogP contribution in [0, 0.1) is 0 Å². The van der Waals surface area contributed by atoms with Crippen molar-refractivity contribution in [3.63, 3.8) is 0 Å². The molecule has 0 aliphatic heterocycles. The van der Waals surface area contributed by atoms with Crippen molar-refractivity contribution in [1.29, 1.82) is 0 Å². The highest BCUT2D eigenvalue weighted by molar-refractivity contribution is 6.30. The Morgan fingerprint density at radius 2 is 1.05 bits per heavy atom. The van der Waals surface area contributed by atoms with Gasteiger partial charge in [0.05, 0.1) is 0 Å². The molecular formula is C18H14ClNO. The molecule has 0 saturated heterocycles. The molecule has 0 aliphatic carbocycles. The maximum absolute atomic E-state index is 5.90. The van der Waals surface area contributed by atoms with Gasteiger partial charge in [0.2, 0.25) is 0 Å². The van der Waals surface area contributed by atoms with Crippen molar-refractivity contribution in [2.75, 3.05) is 5.73 Å². The molecule has 0 aliphatic rings. The molecule has 3 heteroatoms. The molecule has 3 aromatic rings. The van der Waals surface area contributed by atoms with E-state index in [0.717, 1.165) is 33.3 Å². The van der Waals surface area contributed by atoms with Gasteiger partial charge in [-0.25, -0.2) is 0 Å². The van der Waals surface area contributed by atoms with E-state index < -0.39 is 0 Å². The molecule has 0 aromatic heterocycles. The minimum Gasteiger partial charge on any atom is -0.457 e. The van der Waals surface area contributed by atoms with Crippen LogP contribution in [-0.2, 0) is 0 Å². The molecule has 2 nitrogen and oxygen atoms in total. The quantitative estimate of drug-likeness (QED) is 0.658. The normalized spacial score (nSPS) is 10.3. The molecule has 0 amide bonds. The summed E-state index contributed by atoms with van der Waals surface area (Å²) in [5.74, 6) is 1.56. The molecule has 3 aromatic carbocycles. The van der Waals surface area contributed by atoms with E-state index in [1.807, 2.05) is 72.8 Å². The molecule has 0 heterocycles. The van der Waals surface area contributed by atoms with Crippen LogP contribution in [0.2, 0.25) is 5.02 Å². The Labute approximate surface area is 128 Å². The fraction of sp³-hybridized carbons (Fsp3) is 0. The van der Waals surface area contributed by atoms with Crippen molar-refractivity contribution in [3.8, 4) is 22.6 Å². The Kier molecular flexibility index (Phi) is 3.80. The van der Waals surface area contributed by atoms with Gasteiger partial charge in [-0.05, 0) is 59.7 Å². The second-order valence-corrected chi connectivity index (χ2v) is 5.14. The zero-order valence-electron chi connectivity index (χ0n) is 11.3. The SMILES string of the molecule is Nc1ccc(Oc2ccc(-c3ccc(Cl)cc3)cc2)cc1. The average molecular weight is 296 g/mol. The summed E-state index contributed by atoms with van der Waals surface area (Å²) in [6.07, 6.45) is 0. The third kappa shape index (κ3) is 3.36. The first-order chi connectivity index (χ1) is 10.2. The first kappa shape index (κ1) is 13.5. The van der Waals surface area contributed by atoms with Crippen LogP contribution in [0.4, 0.5) is 5.69 Å². The first-order valence-electron chi connectivity index (χ1n) is 6.60. The van der Waals surface area contributed by atoms with Gasteiger partial charge in [0.25, 0.3) is 0 Å². The second-order valence-electron chi connectivity index (χ2n) is 4.70. The summed E-state index contributed by atoms with van der Waals surface area (Å²) in [6.45, 7) is 0. The number of halogens is 1. The van der Waals surface area contributed by atoms with Crippen LogP contribution >= 0.6 is 11.6 Å². The summed E-state index contributed by atoms with van der Waals surface area (Å²) < 4.78 is 5.77. The van der Waals surface area contributed by atoms with Gasteiger partial charge < -0.3 is 10.5 Å². The zero-order chi connectivity index (χ0) is 14.7. The van der Waals surface area contributed by atoms with Crippen molar-refractivity contribution in [1.82, 2.24) is 0 Å². The van der Waals surface area contributed by atoms with Crippen LogP contribution in [0.1, 0.15) is 0 Å². The summed E-state index contributed by atoms with van der Waals surface area (Å²) in [5.41, 5.74) is 8.62. The van der Waals surface area contributed by atoms with Gasteiger partial charge in [-0.15, -0.1) is 0 Å². The first-order valence-corrected chi connectivity index (χ1v) is 6.98. The average Bonchev–Trinajstić information content (AvgIpc) is 2.51. The lowest BCUT2D eigenvalue weighted by Gasteiger charge is -2.07. The number of nitrogen functional groups attached to an aromatic ring is 1. The van der Waals surface area contributed by atoms with E-state index in [1.54, 1.807) is 0 Å². The van der Waals surface area contributed by atoms with Gasteiger partial charge in [-0.1, -0.05) is 35.9 Å². The van der Waals surface area contributed by atoms with Crippen molar-refractivity contribution in [3.05, 3.63) is 77.8 Å². The molecule has 0 fully saturated rings. The summed E-state index contributed by atoms with van der Waals surface area (Å²) >= 11 is 5.90. The van der Waals surface area contributed by atoms with Crippen LogP contribution in [0.25, 0.3) is 11.1 Å². The number of hydrogen-bond acceptors (Lipinski definition) is 2. The van der Waals surface area contributed by atoms with E-state index in [9.17, 15) is 0 Å². The molecule has 0 spiro atoms. The zero-order valence-corrected chi connectivity index (χ0v) is 12.0. The number of ether oxygens (including phenoxy) is 1. The van der Waals surface area contributed by atoms with E-state index >= 15 is 0 Å². The highest BCUT2D eigenvalue weighted by atomic mass is 35.5. The van der Waals surface area contributed by atoms with E-state index in [-0.39, 0.29) is 0 Å². The van der Waals surface area contributed by atoms with Gasteiger partial charge in [0, 0.05) is 10.7 Å². The number of anilines is 1. The van der Waals surface area contributed by atoms with Crippen molar-refractivity contribution in [2.24, 2.45) is 0 Å². The minimum atomic E-state index is 0.723. The van der Waals surface area contributed by atoms with Crippen LogP contribution in [0.5, 0.6) is 11.5 Å². The van der Waals surface area contributed by atoms with Crippen molar-refractivity contribution < 1.29 is 4.74 Å². The van der Waals surface area contributed by atoms with Crippen molar-refractivity contribution >= 4 is 17.3 Å². The highest BCUT2D eigenvalue weighted by Gasteiger charge is 2.00. The third-order valence-electron chi connectivity index (χ3n) is 3.15. The molecular weight excluding hydrogens is 282 g/mol. The fourth-order valence-electron chi connectivity index (χ4n) is 2.03. The van der Waals surface area contributed by atoms with E-state index in [2.05, 4.69) is 0 Å². The Bertz CT molecular complexity index is 719. The summed E-state index contributed by atoms with van der Waals surface area (Å²) in [4.78, 5) is 0. The standard InChI is InChI=1S/C18H14ClNO/c19-15-5-1-13(2-6-15)14-3-9-17(10-4-14)21-18-11-7-16(20)8-12-18/h1-12H,20H2. The predicted octanol–water partition coefficient (Wildman–Crippen LogP) is 5.38. The second kappa shape index (κ2) is 5.90. The van der Waals surface area contributed by atoms with E-state index in [4.69, 9.17) is 22.1 Å². The van der Waals surface area contributed by atoms with Gasteiger partial charge >= 0.3 is 0 Å². The van der Waals surface area contributed by atoms with Gasteiger partial charge in [-0.3, -0.25) is 0 Å². The van der Waals surface area contributed by atoms with Gasteiger partial charge in [0.15, 0.2) is 0 Å². The number of hydrogen-bond donors (Lipinski definition) is 1. The summed E-state index contributed by atoms with van der Waals surface area (Å²) in [6, 6.07) is 23.0. The lowest BCUT2D eigenvalue weighted by molar-refractivity contribution is 0.483. The molecule has 2 N–H and O–H groups in total. The van der Waals surface area contributed by atoms with Crippen molar-refractivity contribution in [2.45, 2.75) is 0 Å². The maximum atomic E-state index is 5.90. The Hall–Kier alpha value is -2.45. The topological polar surface area (TPSA) is 35.2 Å². The Balaban J connectivity index is 1.77. The Morgan fingerprint density at radius 1 is 0.619 bits per heavy atom. The summed E-state index contributed by atoms with van der Waals surface area (Å²) in [5, 5.41) is 0.738. The molecule has 104 valence electrons. The van der Waals surface area contributed by atoms with Gasteiger partial charge in [0.1, 0.15) is 11.5 Å². The van der Waals surface area contributed by atoms with Crippen LogP contribution in [-0.4, -0.2) is 0 Å². The Morgan fingerprint density at radius 3 is 1.57 bits per heavy atom. The third-order valence-corrected chi connectivity index (χ3v) is 3.40. The highest BCUT2D eigenvalue weighted by Crippen LogP contribution is 2.27. The molecule has 3 rings (SSSR count). The largest absolute Gasteiger partial charge is 0.457 e. The minimum absolute atomic E-state index is 0.723. The molecule has 21 heavy (non-hydrogen) atoms. The molecule has 0 saturated carbocycles. The number of benzene rings is 3. The molecule has 0 radical (unpaired) electrons. The van der Waals surface area contributed by atoms with Crippen LogP contribution < -0.4 is 10.5 Å². The van der Waals surface area contributed by atoms with E-state index in [1.165, 1.54) is 0 Å². The molecule has 0 bridgehead atoms. The lowest BCUT2D eigenvalue weighted by atomic mass is 10.1. The maximum Gasteiger partial charge on any atom is 0.127 e. The predicted molar refractivity (Wildman–Crippen MR) is 87.8 cm³/mol. The van der Waals surface area contributed by atoms with Crippen LogP contribution in [0.15, 0.2) is 72.8 Å². The van der Waals surface area contributed by atoms with Gasteiger partial charge in [-0.2, -0.15) is 0 Å². The number of rotatable bonds is 3. The summed E-state index contributed by atoms with van der Waals surface area (Å²) in [7, 11) is 0.